The number of anilines is 3. The van der Waals surface area contributed by atoms with E-state index in [-0.39, 0.29) is 16.6 Å². The van der Waals surface area contributed by atoms with Gasteiger partial charge in [-0.1, -0.05) is 59.1 Å². The smallest absolute Gasteiger partial charge is 0.283 e. The molecule has 1 aliphatic heterocycles. The summed E-state index contributed by atoms with van der Waals surface area (Å²) in [7, 11) is 0. The first-order valence-corrected chi connectivity index (χ1v) is 13.1. The second-order valence-corrected chi connectivity index (χ2v) is 9.96. The van der Waals surface area contributed by atoms with Crippen LogP contribution in [-0.2, 0) is 16.2 Å². The van der Waals surface area contributed by atoms with Crippen molar-refractivity contribution in [3.05, 3.63) is 129 Å². The minimum Gasteiger partial charge on any atom is -0.489 e. The number of nitrogens with zero attached hydrogens (tertiary/aromatic N) is 1. The molecule has 4 aromatic carbocycles. The molecule has 0 radical (unpaired) electrons. The first-order valence-electron chi connectivity index (χ1n) is 12.0. The zero-order valence-corrected chi connectivity index (χ0v) is 22.9. The molecule has 7 nitrogen and oxygen atoms in total. The van der Waals surface area contributed by atoms with Crippen LogP contribution in [0.25, 0.3) is 0 Å². The normalized spacial score (nSPS) is 13.0. The maximum Gasteiger partial charge on any atom is 0.283 e. The average molecular weight is 593 g/mol. The van der Waals surface area contributed by atoms with Crippen LogP contribution in [0.15, 0.2) is 108 Å². The van der Waals surface area contributed by atoms with Crippen molar-refractivity contribution in [1.82, 2.24) is 0 Å². The van der Waals surface area contributed by atoms with Gasteiger partial charge in [0.15, 0.2) is 0 Å². The summed E-state index contributed by atoms with van der Waals surface area (Å²) in [6.07, 6.45) is 0. The Morgan fingerprint density at radius 3 is 2.20 bits per heavy atom. The van der Waals surface area contributed by atoms with Crippen molar-refractivity contribution in [2.45, 2.75) is 6.61 Å². The predicted molar refractivity (Wildman–Crippen MR) is 157 cm³/mol. The van der Waals surface area contributed by atoms with Crippen molar-refractivity contribution in [1.29, 1.82) is 0 Å². The molecule has 0 atom stereocenters. The minimum atomic E-state index is -0.675. The molecule has 10 heteroatoms. The van der Waals surface area contributed by atoms with Crippen molar-refractivity contribution in [3.63, 3.8) is 0 Å². The monoisotopic (exact) mass is 591 g/mol. The lowest BCUT2D eigenvalue weighted by Crippen LogP contribution is -2.32. The number of nitrogens with one attached hydrogen (secondary N) is 2. The molecule has 200 valence electrons. The second kappa shape index (κ2) is 11.8. The predicted octanol–water partition coefficient (Wildman–Crippen LogP) is 7.26. The third-order valence-electron chi connectivity index (χ3n) is 5.92. The highest BCUT2D eigenvalue weighted by Gasteiger charge is 2.39. The molecular weight excluding hydrogens is 573 g/mol. The van der Waals surface area contributed by atoms with Crippen LogP contribution >= 0.6 is 34.8 Å². The third-order valence-corrected chi connectivity index (χ3v) is 6.76. The van der Waals surface area contributed by atoms with Crippen LogP contribution in [0.5, 0.6) is 5.75 Å². The summed E-state index contributed by atoms with van der Waals surface area (Å²) in [5.74, 6) is -1.03. The number of benzene rings is 4. The quantitative estimate of drug-likeness (QED) is 0.210. The molecule has 0 aromatic heterocycles. The summed E-state index contributed by atoms with van der Waals surface area (Å²) >= 11 is 18.1. The number of amides is 3. The van der Waals surface area contributed by atoms with Gasteiger partial charge in [0, 0.05) is 27.0 Å². The minimum absolute atomic E-state index is 0.0987. The topological polar surface area (TPSA) is 87.7 Å². The van der Waals surface area contributed by atoms with Crippen molar-refractivity contribution < 1.29 is 19.1 Å². The number of carbonyl (C=O) groups excluding carboxylic acids is 3. The molecule has 0 unspecified atom stereocenters. The number of carbonyl (C=O) groups is 3. The Kier molecular flexibility index (Phi) is 8.07. The van der Waals surface area contributed by atoms with E-state index in [0.29, 0.717) is 45.0 Å². The van der Waals surface area contributed by atoms with E-state index in [4.69, 9.17) is 39.5 Å². The van der Waals surface area contributed by atoms with E-state index >= 15 is 0 Å². The van der Waals surface area contributed by atoms with E-state index in [0.717, 1.165) is 10.5 Å². The number of hydrogen-bond donors (Lipinski definition) is 2. The molecule has 5 rings (SSSR count). The van der Waals surface area contributed by atoms with Gasteiger partial charge in [-0.05, 0) is 78.4 Å². The van der Waals surface area contributed by atoms with Crippen LogP contribution in [0, 0.1) is 0 Å². The summed E-state index contributed by atoms with van der Waals surface area (Å²) in [6.45, 7) is 0.383. The zero-order chi connectivity index (χ0) is 28.2. The number of rotatable bonds is 8. The fourth-order valence-corrected chi connectivity index (χ4v) is 4.45. The highest BCUT2D eigenvalue weighted by Crippen LogP contribution is 2.31. The molecule has 0 fully saturated rings. The second-order valence-electron chi connectivity index (χ2n) is 8.71. The molecule has 1 aliphatic rings. The summed E-state index contributed by atoms with van der Waals surface area (Å²) in [4.78, 5) is 39.6. The van der Waals surface area contributed by atoms with Gasteiger partial charge in [0.2, 0.25) is 0 Å². The summed E-state index contributed by atoms with van der Waals surface area (Å²) in [5, 5.41) is 6.47. The molecule has 1 heterocycles. The fraction of sp³-hybridized carbons (Fsp3) is 0.0333. The van der Waals surface area contributed by atoms with Gasteiger partial charge in [-0.15, -0.1) is 0 Å². The van der Waals surface area contributed by atoms with Gasteiger partial charge in [-0.2, -0.15) is 0 Å². The Morgan fingerprint density at radius 1 is 0.750 bits per heavy atom. The molecule has 0 spiro atoms. The zero-order valence-electron chi connectivity index (χ0n) is 20.7. The fourth-order valence-electron chi connectivity index (χ4n) is 3.93. The van der Waals surface area contributed by atoms with Crippen LogP contribution in [0.3, 0.4) is 0 Å². The Bertz CT molecular complexity index is 1640. The van der Waals surface area contributed by atoms with E-state index in [1.54, 1.807) is 78.9 Å². The first kappa shape index (κ1) is 27.3. The average Bonchev–Trinajstić information content (AvgIpc) is 3.16. The van der Waals surface area contributed by atoms with Gasteiger partial charge >= 0.3 is 0 Å². The van der Waals surface area contributed by atoms with Crippen LogP contribution < -0.4 is 20.3 Å². The first-order chi connectivity index (χ1) is 19.3. The maximum atomic E-state index is 13.0. The highest BCUT2D eigenvalue weighted by atomic mass is 35.5. The van der Waals surface area contributed by atoms with Crippen molar-refractivity contribution in [3.8, 4) is 5.75 Å². The summed E-state index contributed by atoms with van der Waals surface area (Å²) in [6, 6.07) is 27.2. The number of imide groups is 1. The molecule has 0 aliphatic carbocycles. The van der Waals surface area contributed by atoms with Crippen molar-refractivity contribution >= 4 is 69.6 Å². The largest absolute Gasteiger partial charge is 0.489 e. The Morgan fingerprint density at radius 2 is 1.48 bits per heavy atom. The third kappa shape index (κ3) is 6.13. The number of hydrogen-bond acceptors (Lipinski definition) is 5. The van der Waals surface area contributed by atoms with E-state index in [9.17, 15) is 14.4 Å². The molecular formula is C30H20Cl3N3O4. The molecule has 40 heavy (non-hydrogen) atoms. The molecule has 0 saturated carbocycles. The van der Waals surface area contributed by atoms with E-state index in [2.05, 4.69) is 10.6 Å². The number of ether oxygens (including phenoxy) is 1. The van der Waals surface area contributed by atoms with Crippen LogP contribution in [0.1, 0.15) is 15.9 Å². The lowest BCUT2D eigenvalue weighted by atomic mass is 10.1. The van der Waals surface area contributed by atoms with E-state index < -0.39 is 11.8 Å². The lowest BCUT2D eigenvalue weighted by molar-refractivity contribution is -0.120. The Labute approximate surface area is 244 Å². The van der Waals surface area contributed by atoms with Crippen LogP contribution in [0.2, 0.25) is 10.0 Å². The molecule has 0 saturated heterocycles. The van der Waals surface area contributed by atoms with Gasteiger partial charge < -0.3 is 15.4 Å². The van der Waals surface area contributed by atoms with Crippen LogP contribution in [0.4, 0.5) is 17.1 Å². The maximum absolute atomic E-state index is 13.0. The van der Waals surface area contributed by atoms with Crippen LogP contribution in [-0.4, -0.2) is 17.7 Å². The standard InChI is InChI=1S/C30H20Cl3N3O4/c31-20-9-7-18(8-10-20)17-40-25-13-11-22(12-14-25)35-28(37)19-3-1-5-23(15-19)34-27-26(33)29(38)36(30(27)39)24-6-2-4-21(32)16-24/h1-16,34H,17H2,(H,35,37). The van der Waals surface area contributed by atoms with Gasteiger partial charge in [-0.3, -0.25) is 14.4 Å². The van der Waals surface area contributed by atoms with E-state index in [1.165, 1.54) is 6.07 Å². The van der Waals surface area contributed by atoms with Gasteiger partial charge in [0.05, 0.1) is 5.69 Å². The van der Waals surface area contributed by atoms with Gasteiger partial charge in [0.25, 0.3) is 17.7 Å². The molecule has 4 aromatic rings. The SMILES string of the molecule is O=C(Nc1ccc(OCc2ccc(Cl)cc2)cc1)c1cccc(NC2=C(Cl)C(=O)N(c3cccc(Cl)c3)C2=O)c1. The molecule has 0 bridgehead atoms. The van der Waals surface area contributed by atoms with Crippen molar-refractivity contribution in [2.24, 2.45) is 0 Å². The highest BCUT2D eigenvalue weighted by molar-refractivity contribution is 6.53. The molecule has 2 N–H and O–H groups in total. The van der Waals surface area contributed by atoms with E-state index in [1.807, 2.05) is 12.1 Å². The Hall–Kier alpha value is -4.30. The number of halogens is 3. The van der Waals surface area contributed by atoms with Gasteiger partial charge in [-0.25, -0.2) is 4.90 Å². The van der Waals surface area contributed by atoms with Gasteiger partial charge in [0.1, 0.15) is 23.1 Å². The van der Waals surface area contributed by atoms with Crippen molar-refractivity contribution in [2.75, 3.05) is 15.5 Å². The molecule has 3 amide bonds. The summed E-state index contributed by atoms with van der Waals surface area (Å²) in [5.41, 5.74) is 2.48. The summed E-state index contributed by atoms with van der Waals surface area (Å²) < 4.78 is 5.78. The lowest BCUT2D eigenvalue weighted by Gasteiger charge is -2.15. The Balaban J connectivity index is 1.23.